The van der Waals surface area contributed by atoms with Gasteiger partial charge in [-0.2, -0.15) is 0 Å². The highest BCUT2D eigenvalue weighted by molar-refractivity contribution is 5.86. The highest BCUT2D eigenvalue weighted by Crippen LogP contribution is 2.18. The quantitative estimate of drug-likeness (QED) is 0.732. The normalized spacial score (nSPS) is 14.5. The lowest BCUT2D eigenvalue weighted by Gasteiger charge is -2.28. The molecule has 140 valence electrons. The summed E-state index contributed by atoms with van der Waals surface area (Å²) in [7, 11) is 0. The molecule has 8 heteroatoms. The summed E-state index contributed by atoms with van der Waals surface area (Å²) in [6, 6.07) is 9.45. The summed E-state index contributed by atoms with van der Waals surface area (Å²) in [5.41, 5.74) is 2.18. The number of hydrogen-bond donors (Lipinski definition) is 1. The maximum atomic E-state index is 12.3. The van der Waals surface area contributed by atoms with Crippen LogP contribution < -0.4 is 10.2 Å². The molecule has 0 radical (unpaired) electrons. The number of carbonyl (C=O) groups excluding carboxylic acids is 1. The Morgan fingerprint density at radius 1 is 1.22 bits per heavy atom. The molecule has 2 aromatic heterocycles. The van der Waals surface area contributed by atoms with Gasteiger partial charge in [0.2, 0.25) is 5.91 Å². The number of aromatic nitrogens is 3. The van der Waals surface area contributed by atoms with E-state index >= 15 is 0 Å². The molecule has 3 aromatic rings. The molecule has 0 atom stereocenters. The number of amides is 1. The van der Waals surface area contributed by atoms with Crippen LogP contribution in [-0.4, -0.2) is 47.3 Å². The number of nitrogens with one attached hydrogen (secondary N) is 1. The second kappa shape index (κ2) is 7.71. The van der Waals surface area contributed by atoms with Gasteiger partial charge < -0.3 is 19.5 Å². The summed E-state index contributed by atoms with van der Waals surface area (Å²) in [5.74, 6) is 1.32. The van der Waals surface area contributed by atoms with Gasteiger partial charge in [-0.15, -0.1) is 0 Å². The minimum atomic E-state index is -0.146. The molecule has 0 spiro atoms. The number of benzene rings is 1. The molecule has 27 heavy (non-hydrogen) atoms. The van der Waals surface area contributed by atoms with Crippen molar-refractivity contribution in [1.82, 2.24) is 20.4 Å². The van der Waals surface area contributed by atoms with E-state index in [0.29, 0.717) is 30.3 Å². The molecule has 1 aliphatic rings. The molecule has 4 rings (SSSR count). The van der Waals surface area contributed by atoms with E-state index in [0.717, 1.165) is 30.0 Å². The molecule has 1 saturated heterocycles. The third kappa shape index (κ3) is 4.06. The largest absolute Gasteiger partial charge is 0.378 e. The number of para-hydroxylation sites is 1. The van der Waals surface area contributed by atoms with Crippen LogP contribution in [0, 0.1) is 6.92 Å². The van der Waals surface area contributed by atoms with Gasteiger partial charge in [-0.3, -0.25) is 4.79 Å². The van der Waals surface area contributed by atoms with Gasteiger partial charge in [-0.25, -0.2) is 9.97 Å². The lowest BCUT2D eigenvalue weighted by molar-refractivity contribution is -0.120. The molecule has 0 aliphatic carbocycles. The zero-order chi connectivity index (χ0) is 18.6. The molecular weight excluding hydrogens is 346 g/mol. The van der Waals surface area contributed by atoms with Gasteiger partial charge >= 0.3 is 0 Å². The van der Waals surface area contributed by atoms with Crippen LogP contribution in [0.25, 0.3) is 11.0 Å². The standard InChI is InChI=1S/C19H21N5O3/c1-13-10-18(24-6-8-26-9-7-24)22-17(21-13)12-20-19(25)11-15-14-4-2-3-5-16(14)27-23-15/h2-5,10H,6-9,11-12H2,1H3,(H,20,25). The maximum absolute atomic E-state index is 12.3. The van der Waals surface area contributed by atoms with E-state index in [1.807, 2.05) is 37.3 Å². The van der Waals surface area contributed by atoms with Crippen molar-refractivity contribution in [1.29, 1.82) is 0 Å². The monoisotopic (exact) mass is 367 g/mol. The van der Waals surface area contributed by atoms with E-state index < -0.39 is 0 Å². The van der Waals surface area contributed by atoms with Crippen molar-refractivity contribution in [2.75, 3.05) is 31.2 Å². The molecule has 8 nitrogen and oxygen atoms in total. The zero-order valence-corrected chi connectivity index (χ0v) is 15.1. The van der Waals surface area contributed by atoms with Crippen molar-refractivity contribution in [3.63, 3.8) is 0 Å². The summed E-state index contributed by atoms with van der Waals surface area (Å²) in [4.78, 5) is 23.5. The Morgan fingerprint density at radius 2 is 2.04 bits per heavy atom. The molecule has 1 fully saturated rings. The minimum Gasteiger partial charge on any atom is -0.378 e. The molecular formula is C19H21N5O3. The molecule has 1 N–H and O–H groups in total. The second-order valence-electron chi connectivity index (χ2n) is 6.46. The topological polar surface area (TPSA) is 93.4 Å². The third-order valence-electron chi connectivity index (χ3n) is 4.45. The van der Waals surface area contributed by atoms with Crippen molar-refractivity contribution in [2.24, 2.45) is 0 Å². The van der Waals surface area contributed by atoms with Gasteiger partial charge in [-0.05, 0) is 19.1 Å². The Hall–Kier alpha value is -3.00. The molecule has 1 amide bonds. The molecule has 1 aromatic carbocycles. The first kappa shape index (κ1) is 17.4. The minimum absolute atomic E-state index is 0.146. The number of carbonyl (C=O) groups is 1. The Balaban J connectivity index is 1.40. The number of hydrogen-bond acceptors (Lipinski definition) is 7. The fourth-order valence-corrected chi connectivity index (χ4v) is 3.10. The van der Waals surface area contributed by atoms with Crippen molar-refractivity contribution < 1.29 is 14.1 Å². The van der Waals surface area contributed by atoms with Crippen molar-refractivity contribution in [3.8, 4) is 0 Å². The van der Waals surface area contributed by atoms with Gasteiger partial charge in [0, 0.05) is 30.2 Å². The summed E-state index contributed by atoms with van der Waals surface area (Å²) in [5, 5.41) is 7.72. The van der Waals surface area contributed by atoms with Crippen molar-refractivity contribution >= 4 is 22.7 Å². The lowest BCUT2D eigenvalue weighted by Crippen LogP contribution is -2.37. The first-order valence-corrected chi connectivity index (χ1v) is 8.96. The number of fused-ring (bicyclic) bond motifs is 1. The number of rotatable bonds is 5. The smallest absolute Gasteiger partial charge is 0.226 e. The predicted molar refractivity (Wildman–Crippen MR) is 99.4 cm³/mol. The Bertz CT molecular complexity index is 949. The highest BCUT2D eigenvalue weighted by Gasteiger charge is 2.15. The van der Waals surface area contributed by atoms with Gasteiger partial charge in [0.25, 0.3) is 0 Å². The predicted octanol–water partition coefficient (Wildman–Crippen LogP) is 1.62. The van der Waals surface area contributed by atoms with Crippen LogP contribution in [0.4, 0.5) is 5.82 Å². The SMILES string of the molecule is Cc1cc(N2CCOCC2)nc(CNC(=O)Cc2noc3ccccc23)n1. The van der Waals surface area contributed by atoms with E-state index in [1.165, 1.54) is 0 Å². The average Bonchev–Trinajstić information content (AvgIpc) is 3.10. The third-order valence-corrected chi connectivity index (χ3v) is 4.45. The average molecular weight is 367 g/mol. The fraction of sp³-hybridized carbons (Fsp3) is 0.368. The van der Waals surface area contributed by atoms with Crippen molar-refractivity contribution in [3.05, 3.63) is 47.5 Å². The summed E-state index contributed by atoms with van der Waals surface area (Å²) >= 11 is 0. The number of morpholine rings is 1. The Morgan fingerprint density at radius 3 is 2.89 bits per heavy atom. The van der Waals surface area contributed by atoms with Crippen LogP contribution in [0.1, 0.15) is 17.2 Å². The first-order valence-electron chi connectivity index (χ1n) is 8.96. The summed E-state index contributed by atoms with van der Waals surface area (Å²) in [6.07, 6.45) is 0.152. The number of anilines is 1. The number of aryl methyl sites for hydroxylation is 1. The van der Waals surface area contributed by atoms with Gasteiger partial charge in [0.1, 0.15) is 17.3 Å². The first-order chi connectivity index (χ1) is 13.2. The fourth-order valence-electron chi connectivity index (χ4n) is 3.10. The van der Waals surface area contributed by atoms with E-state index in [-0.39, 0.29) is 18.9 Å². The van der Waals surface area contributed by atoms with E-state index in [9.17, 15) is 4.79 Å². The van der Waals surface area contributed by atoms with Crippen LogP contribution in [0.2, 0.25) is 0 Å². The molecule has 0 unspecified atom stereocenters. The van der Waals surface area contributed by atoms with E-state index in [2.05, 4.69) is 25.3 Å². The van der Waals surface area contributed by atoms with Crippen molar-refractivity contribution in [2.45, 2.75) is 19.9 Å². The molecule has 0 saturated carbocycles. The zero-order valence-electron chi connectivity index (χ0n) is 15.1. The van der Waals surface area contributed by atoms with E-state index in [1.54, 1.807) is 0 Å². The van der Waals surface area contributed by atoms with Gasteiger partial charge in [0.15, 0.2) is 5.58 Å². The molecule has 1 aliphatic heterocycles. The molecule has 3 heterocycles. The van der Waals surface area contributed by atoms with Crippen LogP contribution in [0.3, 0.4) is 0 Å². The van der Waals surface area contributed by atoms with Crippen LogP contribution in [-0.2, 0) is 22.5 Å². The summed E-state index contributed by atoms with van der Waals surface area (Å²) in [6.45, 7) is 5.20. The van der Waals surface area contributed by atoms with E-state index in [4.69, 9.17) is 9.26 Å². The second-order valence-corrected chi connectivity index (χ2v) is 6.46. The number of ether oxygens (including phenoxy) is 1. The Kier molecular flexibility index (Phi) is 4.97. The Labute approximate surface area is 156 Å². The van der Waals surface area contributed by atoms with Gasteiger partial charge in [-0.1, -0.05) is 17.3 Å². The molecule has 0 bridgehead atoms. The highest BCUT2D eigenvalue weighted by atomic mass is 16.5. The lowest BCUT2D eigenvalue weighted by atomic mass is 10.1. The summed E-state index contributed by atoms with van der Waals surface area (Å²) < 4.78 is 10.6. The maximum Gasteiger partial charge on any atom is 0.226 e. The van der Waals surface area contributed by atoms with Crippen LogP contribution >= 0.6 is 0 Å². The number of nitrogens with zero attached hydrogens (tertiary/aromatic N) is 4. The van der Waals surface area contributed by atoms with Crippen LogP contribution in [0.5, 0.6) is 0 Å². The van der Waals surface area contributed by atoms with Gasteiger partial charge in [0.05, 0.1) is 26.2 Å². The van der Waals surface area contributed by atoms with Crippen LogP contribution in [0.15, 0.2) is 34.9 Å².